The lowest BCUT2D eigenvalue weighted by Crippen LogP contribution is -2.62. The summed E-state index contributed by atoms with van der Waals surface area (Å²) in [4.78, 5) is 22.6. The molecule has 4 aliphatic rings. The van der Waals surface area contributed by atoms with Gasteiger partial charge in [-0.2, -0.15) is 0 Å². The normalized spacial score (nSPS) is 32.3. The van der Waals surface area contributed by atoms with Crippen molar-refractivity contribution in [2.75, 3.05) is 0 Å². The fourth-order valence-corrected chi connectivity index (χ4v) is 6.51. The van der Waals surface area contributed by atoms with Crippen LogP contribution in [0.1, 0.15) is 69.4 Å². The van der Waals surface area contributed by atoms with Gasteiger partial charge in [0.2, 0.25) is 5.91 Å². The van der Waals surface area contributed by atoms with Crippen LogP contribution in [-0.2, 0) is 11.4 Å². The number of carbonyl (C=O) groups is 1. The lowest BCUT2D eigenvalue weighted by atomic mass is 9.56. The summed E-state index contributed by atoms with van der Waals surface area (Å²) in [6.45, 7) is 3.98. The molecule has 2 N–H and O–H groups in total. The third-order valence-electron chi connectivity index (χ3n) is 7.45. The number of nitrogens with zero attached hydrogens (tertiary/aromatic N) is 2. The van der Waals surface area contributed by atoms with Gasteiger partial charge in [0.15, 0.2) is 0 Å². The summed E-state index contributed by atoms with van der Waals surface area (Å²) in [5, 5.41) is 9.75. The maximum atomic E-state index is 14.8. The van der Waals surface area contributed by atoms with Crippen molar-refractivity contribution in [1.82, 2.24) is 14.9 Å². The Labute approximate surface area is 164 Å². The lowest BCUT2D eigenvalue weighted by Gasteiger charge is -2.61. The number of aromatic amines is 1. The average molecular weight is 385 g/mol. The molecule has 1 amide bonds. The van der Waals surface area contributed by atoms with E-state index in [-0.39, 0.29) is 24.0 Å². The van der Waals surface area contributed by atoms with Crippen molar-refractivity contribution < 1.29 is 14.3 Å². The van der Waals surface area contributed by atoms with E-state index in [2.05, 4.69) is 21.8 Å². The van der Waals surface area contributed by atoms with Crippen molar-refractivity contribution >= 4 is 16.9 Å². The number of rotatable bonds is 4. The Kier molecular flexibility index (Phi) is 4.06. The van der Waals surface area contributed by atoms with Crippen LogP contribution in [0.3, 0.4) is 0 Å². The topological polar surface area (TPSA) is 69.2 Å². The zero-order valence-electron chi connectivity index (χ0n) is 16.5. The van der Waals surface area contributed by atoms with E-state index in [1.165, 1.54) is 12.6 Å². The minimum Gasteiger partial charge on any atom is -0.392 e. The number of hydrogen-bond acceptors (Lipinski definition) is 3. The largest absolute Gasteiger partial charge is 0.392 e. The van der Waals surface area contributed by atoms with Gasteiger partial charge in [-0.25, -0.2) is 9.37 Å². The van der Waals surface area contributed by atoms with Gasteiger partial charge >= 0.3 is 0 Å². The second kappa shape index (κ2) is 6.28. The van der Waals surface area contributed by atoms with Gasteiger partial charge < -0.3 is 15.0 Å². The number of aliphatic hydroxyl groups is 1. The molecule has 2 aromatic heterocycles. The second-order valence-electron chi connectivity index (χ2n) is 9.70. The van der Waals surface area contributed by atoms with E-state index in [0.717, 1.165) is 37.2 Å². The molecule has 4 heterocycles. The standard InChI is InChI=1S/C22H28FN3O2/c1-12(17-10-25-21-19(17)20(23)14(11-27)9-24-21)3-18(28)26-15-4-13-5-16(26)8-22(2,6-13)7-15/h9-10,12-13,15-16,27H,3-8,11H2,1-2H3,(H,24,25). The van der Waals surface area contributed by atoms with Crippen LogP contribution in [0.15, 0.2) is 12.4 Å². The van der Waals surface area contributed by atoms with Crippen molar-refractivity contribution in [3.05, 3.63) is 29.3 Å². The second-order valence-corrected chi connectivity index (χ2v) is 9.70. The van der Waals surface area contributed by atoms with Crippen LogP contribution in [0.2, 0.25) is 0 Å². The predicted octanol–water partition coefficient (Wildman–Crippen LogP) is 3.87. The van der Waals surface area contributed by atoms with Gasteiger partial charge in [0.25, 0.3) is 0 Å². The van der Waals surface area contributed by atoms with Crippen molar-refractivity contribution in [3.63, 3.8) is 0 Å². The van der Waals surface area contributed by atoms with Crippen LogP contribution in [0, 0.1) is 17.2 Å². The fraction of sp³-hybridized carbons (Fsp3) is 0.636. The molecule has 0 aromatic carbocycles. The summed E-state index contributed by atoms with van der Waals surface area (Å²) in [6.07, 6.45) is 9.38. The number of amides is 1. The molecule has 3 unspecified atom stereocenters. The van der Waals surface area contributed by atoms with Crippen molar-refractivity contribution in [2.45, 2.75) is 77.0 Å². The van der Waals surface area contributed by atoms with Gasteiger partial charge in [0.1, 0.15) is 11.5 Å². The summed E-state index contributed by atoms with van der Waals surface area (Å²) >= 11 is 0. The quantitative estimate of drug-likeness (QED) is 0.839. The molecule has 4 fully saturated rings. The maximum absolute atomic E-state index is 14.8. The monoisotopic (exact) mass is 385 g/mol. The Bertz CT molecular complexity index is 923. The van der Waals surface area contributed by atoms with Crippen LogP contribution in [0.5, 0.6) is 0 Å². The third kappa shape index (κ3) is 2.68. The van der Waals surface area contributed by atoms with Gasteiger partial charge in [-0.1, -0.05) is 13.8 Å². The Hall–Kier alpha value is -1.95. The smallest absolute Gasteiger partial charge is 0.223 e. The van der Waals surface area contributed by atoms with E-state index < -0.39 is 5.82 Å². The highest BCUT2D eigenvalue weighted by Gasteiger charge is 2.53. The van der Waals surface area contributed by atoms with Gasteiger partial charge in [0, 0.05) is 36.5 Å². The number of halogens is 1. The number of piperidine rings is 2. The molecule has 0 spiro atoms. The molecular formula is C22H28FN3O2. The summed E-state index contributed by atoms with van der Waals surface area (Å²) in [5.41, 5.74) is 1.84. The minimum absolute atomic E-state index is 0.112. The molecule has 3 atom stereocenters. The molecule has 5 nitrogen and oxygen atoms in total. The first-order valence-corrected chi connectivity index (χ1v) is 10.4. The molecule has 2 aliphatic heterocycles. The van der Waals surface area contributed by atoms with E-state index >= 15 is 0 Å². The van der Waals surface area contributed by atoms with Crippen LogP contribution >= 0.6 is 0 Å². The molecule has 2 saturated carbocycles. The summed E-state index contributed by atoms with van der Waals surface area (Å²) in [7, 11) is 0. The van der Waals surface area contributed by atoms with E-state index in [1.807, 2.05) is 6.92 Å². The summed E-state index contributed by atoms with van der Waals surface area (Å²) < 4.78 is 14.8. The molecule has 4 bridgehead atoms. The number of H-pyrrole nitrogens is 1. The number of aromatic nitrogens is 2. The molecule has 150 valence electrons. The highest BCUT2D eigenvalue weighted by atomic mass is 19.1. The molecular weight excluding hydrogens is 357 g/mol. The van der Waals surface area contributed by atoms with Crippen LogP contribution in [0.25, 0.3) is 11.0 Å². The molecule has 0 radical (unpaired) electrons. The number of nitrogens with one attached hydrogen (secondary N) is 1. The first kappa shape index (κ1) is 18.1. The fourth-order valence-electron chi connectivity index (χ4n) is 6.51. The Balaban J connectivity index is 1.38. The SMILES string of the molecule is CC(CC(=O)N1C2CC3CC1CC(C)(C3)C2)c1c[nH]c2ncc(CO)c(F)c12. The zero-order valence-corrected chi connectivity index (χ0v) is 16.5. The highest BCUT2D eigenvalue weighted by molar-refractivity contribution is 5.84. The third-order valence-corrected chi connectivity index (χ3v) is 7.45. The number of carbonyl (C=O) groups excluding carboxylic acids is 1. The van der Waals surface area contributed by atoms with E-state index in [1.54, 1.807) is 6.20 Å². The molecule has 28 heavy (non-hydrogen) atoms. The molecule has 2 aromatic rings. The number of aliphatic hydroxyl groups excluding tert-OH is 1. The van der Waals surface area contributed by atoms with Gasteiger partial charge in [0.05, 0.1) is 12.0 Å². The number of pyridine rings is 1. The van der Waals surface area contributed by atoms with Crippen molar-refractivity contribution in [2.24, 2.45) is 11.3 Å². The first-order chi connectivity index (χ1) is 13.4. The first-order valence-electron chi connectivity index (χ1n) is 10.4. The maximum Gasteiger partial charge on any atom is 0.223 e. The Morgan fingerprint density at radius 1 is 1.39 bits per heavy atom. The molecule has 2 saturated heterocycles. The summed E-state index contributed by atoms with van der Waals surface area (Å²) in [6, 6.07) is 0.775. The highest BCUT2D eigenvalue weighted by Crippen LogP contribution is 2.56. The molecule has 2 aliphatic carbocycles. The Morgan fingerprint density at radius 3 is 2.75 bits per heavy atom. The predicted molar refractivity (Wildman–Crippen MR) is 104 cm³/mol. The zero-order chi connectivity index (χ0) is 19.6. The van der Waals surface area contributed by atoms with Gasteiger partial charge in [-0.3, -0.25) is 4.79 Å². The molecule has 6 rings (SSSR count). The van der Waals surface area contributed by atoms with Crippen molar-refractivity contribution in [3.8, 4) is 0 Å². The van der Waals surface area contributed by atoms with Crippen LogP contribution in [0.4, 0.5) is 4.39 Å². The summed E-state index contributed by atoms with van der Waals surface area (Å²) in [5.74, 6) is 0.436. The van der Waals surface area contributed by atoms with Gasteiger partial charge in [-0.05, 0) is 54.9 Å². The van der Waals surface area contributed by atoms with Crippen LogP contribution < -0.4 is 0 Å². The number of hydrogen-bond donors (Lipinski definition) is 2. The number of fused-ring (bicyclic) bond motifs is 1. The lowest BCUT2D eigenvalue weighted by molar-refractivity contribution is -0.156. The average Bonchev–Trinajstić information content (AvgIpc) is 3.05. The molecule has 6 heteroatoms. The van der Waals surface area contributed by atoms with Crippen molar-refractivity contribution in [1.29, 1.82) is 0 Å². The van der Waals surface area contributed by atoms with Gasteiger partial charge in [-0.15, -0.1) is 0 Å². The Morgan fingerprint density at radius 2 is 2.11 bits per heavy atom. The van der Waals surface area contributed by atoms with E-state index in [0.29, 0.717) is 35.0 Å². The van der Waals surface area contributed by atoms with Crippen LogP contribution in [-0.4, -0.2) is 38.0 Å². The van der Waals surface area contributed by atoms with E-state index in [4.69, 9.17) is 0 Å². The minimum atomic E-state index is -0.439. The van der Waals surface area contributed by atoms with E-state index in [9.17, 15) is 14.3 Å².